The molecule has 0 atom stereocenters. The van der Waals surface area contributed by atoms with Crippen LogP contribution in [0, 0.1) is 0 Å². The number of hydrogen-bond donors (Lipinski definition) is 0. The summed E-state index contributed by atoms with van der Waals surface area (Å²) >= 11 is 0. The number of phosphoric acid groups is 3. The molecule has 0 aliphatic rings. The van der Waals surface area contributed by atoms with E-state index in [9.17, 15) is 0 Å². The first-order valence-electron chi connectivity index (χ1n) is 2.19. The first kappa shape index (κ1) is 43.0. The molecule has 0 amide bonds. The van der Waals surface area contributed by atoms with Crippen molar-refractivity contribution < 1.29 is 67.1 Å². The van der Waals surface area contributed by atoms with E-state index < -0.39 is 23.5 Å². The predicted octanol–water partition coefficient (Wildman–Crippen LogP) is -15.2. The van der Waals surface area contributed by atoms with Crippen LogP contribution in [0.2, 0.25) is 0 Å². The minimum absolute atomic E-state index is 0. The van der Waals surface area contributed by atoms with E-state index in [-0.39, 0.29) is 84.9 Å². The summed E-state index contributed by atoms with van der Waals surface area (Å²) in [5.41, 5.74) is 0. The molecule has 0 unspecified atom stereocenters. The average Bonchev–Trinajstić information content (AvgIpc) is 1.41. The molecule has 0 radical (unpaired) electrons. The van der Waals surface area contributed by atoms with Crippen molar-refractivity contribution in [2.75, 3.05) is 0 Å². The van der Waals surface area contributed by atoms with Crippen molar-refractivity contribution in [2.24, 2.45) is 0 Å². The monoisotopic (exact) mass is 403 g/mol. The van der Waals surface area contributed by atoms with Gasteiger partial charge in [0.05, 0.1) is 0 Å². The maximum Gasteiger partial charge on any atom is 2.00 e. The van der Waals surface area contributed by atoms with Crippen LogP contribution in [0.4, 0.5) is 0 Å². The molecule has 0 aromatic rings. The summed E-state index contributed by atoms with van der Waals surface area (Å²) in [7, 11) is -16.2. The maximum absolute atomic E-state index is 8.55. The smallest absolute Gasteiger partial charge is 1.00 e. The molecule has 112 valence electrons. The molecule has 0 aliphatic heterocycles. The molecule has 0 bridgehead atoms. The standard InChI is InChI=1S/2Ca.2FH.3H3O4P/c;;;;3*1-5(2,3)4/h;;2*1H;3*(H3,1,2,3,4)/q2*+2;;;;;/p-11. The van der Waals surface area contributed by atoms with Crippen LogP contribution in [0.3, 0.4) is 0 Å². The van der Waals surface area contributed by atoms with Gasteiger partial charge in [-0.1, -0.05) is 0 Å². The Bertz CT molecular complexity index is 215. The molecule has 12 nitrogen and oxygen atoms in total. The quantitative estimate of drug-likeness (QED) is 0.270. The fourth-order valence-electron chi connectivity index (χ4n) is 0. The van der Waals surface area contributed by atoms with Gasteiger partial charge in [0.25, 0.3) is 0 Å². The zero-order chi connectivity index (χ0) is 13.5. The molecule has 0 heterocycles. The Labute approximate surface area is 164 Å². The van der Waals surface area contributed by atoms with Gasteiger partial charge in [0, 0.05) is 0 Å². The van der Waals surface area contributed by atoms with Crippen molar-refractivity contribution in [3.63, 3.8) is 0 Å². The van der Waals surface area contributed by atoms with Crippen LogP contribution in [-0.4, -0.2) is 75.5 Å². The van der Waals surface area contributed by atoms with Crippen LogP contribution in [0.25, 0.3) is 0 Å². The first-order chi connectivity index (χ1) is 6.00. The Morgan fingerprint density at radius 3 is 0.421 bits per heavy atom. The van der Waals surface area contributed by atoms with Gasteiger partial charge in [0.2, 0.25) is 0 Å². The molecule has 0 spiro atoms. The largest absolute Gasteiger partial charge is 2.00 e. The minimum atomic E-state index is -5.39. The Morgan fingerprint density at radius 1 is 0.421 bits per heavy atom. The van der Waals surface area contributed by atoms with Crippen molar-refractivity contribution in [3.05, 3.63) is 0 Å². The number of halogens is 2. The van der Waals surface area contributed by atoms with Crippen LogP contribution in [0.1, 0.15) is 0 Å². The Balaban J connectivity index is -0.0000000206. The topological polar surface area (TPSA) is 259 Å². The summed E-state index contributed by atoms with van der Waals surface area (Å²) in [6.07, 6.45) is 0. The summed E-state index contributed by atoms with van der Waals surface area (Å²) in [4.78, 5) is 76.9. The van der Waals surface area contributed by atoms with Crippen LogP contribution in [0.5, 0.6) is 0 Å². The van der Waals surface area contributed by atoms with Crippen LogP contribution < -0.4 is 53.4 Å². The summed E-state index contributed by atoms with van der Waals surface area (Å²) in [5, 5.41) is 0. The second-order valence-electron chi connectivity index (χ2n) is 1.34. The van der Waals surface area contributed by atoms with Crippen molar-refractivity contribution >= 4 is 98.9 Å². The van der Waals surface area contributed by atoms with Crippen LogP contribution in [0.15, 0.2) is 0 Å². The molecule has 0 aliphatic carbocycles. The SMILES string of the molecule is O=P([O-])([O-])[O-].O=P([O-])([O-])[O-].O=P([O-])([O-])[O-].[Ca+2].[Ca+2].[F-].[F-]. The van der Waals surface area contributed by atoms with Gasteiger partial charge in [-0.2, -0.15) is 23.5 Å². The van der Waals surface area contributed by atoms with Gasteiger partial charge >= 0.3 is 75.5 Å². The molecule has 0 N–H and O–H groups in total. The van der Waals surface area contributed by atoms with E-state index in [1.54, 1.807) is 0 Å². The molecule has 0 saturated carbocycles. The Hall–Kier alpha value is 2.71. The zero-order valence-corrected chi connectivity index (χ0v) is 15.5. The van der Waals surface area contributed by atoms with Gasteiger partial charge in [0.1, 0.15) is 0 Å². The molecule has 0 saturated heterocycles. The second kappa shape index (κ2) is 18.8. The predicted molar refractivity (Wildman–Crippen MR) is 34.3 cm³/mol. The van der Waals surface area contributed by atoms with E-state index in [4.69, 9.17) is 57.7 Å². The Morgan fingerprint density at radius 2 is 0.421 bits per heavy atom. The summed E-state index contributed by atoms with van der Waals surface area (Å²) in [5.74, 6) is 0. The fourth-order valence-corrected chi connectivity index (χ4v) is 0. The summed E-state index contributed by atoms with van der Waals surface area (Å²) in [6.45, 7) is 0. The van der Waals surface area contributed by atoms with Gasteiger partial charge in [-0.3, -0.25) is 0 Å². The molecule has 19 heavy (non-hydrogen) atoms. The third kappa shape index (κ3) is 987. The summed E-state index contributed by atoms with van der Waals surface area (Å²) in [6, 6.07) is 0. The molecule has 19 heteroatoms. The van der Waals surface area contributed by atoms with Crippen molar-refractivity contribution in [1.82, 2.24) is 0 Å². The van der Waals surface area contributed by atoms with Gasteiger partial charge in [0.15, 0.2) is 0 Å². The van der Waals surface area contributed by atoms with Gasteiger partial charge in [-0.05, 0) is 0 Å². The van der Waals surface area contributed by atoms with E-state index in [2.05, 4.69) is 0 Å². The molecule has 0 rings (SSSR count). The molecular weight excluding hydrogens is 403 g/mol. The third-order valence-electron chi connectivity index (χ3n) is 0. The van der Waals surface area contributed by atoms with Crippen molar-refractivity contribution in [1.29, 1.82) is 0 Å². The van der Waals surface area contributed by atoms with E-state index in [0.29, 0.717) is 0 Å². The zero-order valence-electron chi connectivity index (χ0n) is 8.41. The molecular formula is Ca2F2O12P3-7. The van der Waals surface area contributed by atoms with Gasteiger partial charge in [-0.15, -0.1) is 0 Å². The minimum Gasteiger partial charge on any atom is -1.00 e. The van der Waals surface area contributed by atoms with Crippen molar-refractivity contribution in [2.45, 2.75) is 0 Å². The molecule has 0 fully saturated rings. The maximum atomic E-state index is 8.55. The van der Waals surface area contributed by atoms with E-state index in [0.717, 1.165) is 0 Å². The second-order valence-corrected chi connectivity index (χ2v) is 4.02. The first-order valence-corrected chi connectivity index (χ1v) is 6.57. The summed E-state index contributed by atoms with van der Waals surface area (Å²) < 4.78 is 25.6. The molecule has 0 aromatic heterocycles. The van der Waals surface area contributed by atoms with Crippen LogP contribution >= 0.6 is 23.5 Å². The molecule has 0 aromatic carbocycles. The average molecular weight is 403 g/mol. The van der Waals surface area contributed by atoms with Crippen molar-refractivity contribution in [3.8, 4) is 0 Å². The number of rotatable bonds is 0. The Kier molecular flexibility index (Phi) is 42.5. The van der Waals surface area contributed by atoms with Crippen LogP contribution in [-0.2, 0) is 13.7 Å². The van der Waals surface area contributed by atoms with Gasteiger partial charge < -0.3 is 67.1 Å². The normalized spacial score (nSPS) is 9.32. The van der Waals surface area contributed by atoms with E-state index in [1.807, 2.05) is 0 Å². The number of hydrogen-bond acceptors (Lipinski definition) is 12. The van der Waals surface area contributed by atoms with Gasteiger partial charge in [-0.25, -0.2) is 0 Å². The van der Waals surface area contributed by atoms with E-state index in [1.165, 1.54) is 0 Å². The fraction of sp³-hybridized carbons (Fsp3) is 0. The third-order valence-corrected chi connectivity index (χ3v) is 0. The van der Waals surface area contributed by atoms with E-state index >= 15 is 0 Å².